The van der Waals surface area contributed by atoms with Gasteiger partial charge in [-0.1, -0.05) is 51.3 Å². The van der Waals surface area contributed by atoms with Crippen molar-refractivity contribution in [2.24, 2.45) is 70.0 Å². The van der Waals surface area contributed by atoms with E-state index in [9.17, 15) is 10.4 Å². The van der Waals surface area contributed by atoms with E-state index in [-0.39, 0.29) is 5.92 Å². The topological polar surface area (TPSA) is 67.8 Å². The number of nitrogens with zero attached hydrogens (tertiary/aromatic N) is 2. The molecule has 12 unspecified atom stereocenters. The van der Waals surface area contributed by atoms with Crippen LogP contribution in [-0.2, 0) is 0 Å². The molecule has 0 bridgehead atoms. The number of hydrogen-bond acceptors (Lipinski definition) is 3. The number of hydrogen-bond donors (Lipinski definition) is 1. The average Bonchev–Trinajstić information content (AvgIpc) is 3.49. The van der Waals surface area contributed by atoms with Gasteiger partial charge in [0.15, 0.2) is 0 Å². The van der Waals surface area contributed by atoms with Gasteiger partial charge in [0.2, 0.25) is 0 Å². The molecule has 4 fully saturated rings. The zero-order valence-electron chi connectivity index (χ0n) is 26.5. The summed E-state index contributed by atoms with van der Waals surface area (Å²) in [5, 5.41) is 28.1. The van der Waals surface area contributed by atoms with Gasteiger partial charge in [0.25, 0.3) is 0 Å². The molecule has 0 spiro atoms. The van der Waals surface area contributed by atoms with Gasteiger partial charge in [0.1, 0.15) is 0 Å². The van der Waals surface area contributed by atoms with Crippen molar-refractivity contribution in [3.8, 4) is 12.1 Å². The van der Waals surface area contributed by atoms with Crippen LogP contribution in [0.5, 0.6) is 0 Å². The first kappa shape index (κ1) is 30.9. The van der Waals surface area contributed by atoms with Crippen LogP contribution in [0.3, 0.4) is 0 Å². The molecule has 41 heavy (non-hydrogen) atoms. The lowest BCUT2D eigenvalue weighted by atomic mass is 9.46. The Morgan fingerprint density at radius 2 is 1.88 bits per heavy atom. The van der Waals surface area contributed by atoms with Crippen molar-refractivity contribution < 1.29 is 5.11 Å². The molecule has 0 saturated heterocycles. The van der Waals surface area contributed by atoms with Crippen LogP contribution in [-0.4, -0.2) is 11.7 Å². The van der Waals surface area contributed by atoms with E-state index in [4.69, 9.17) is 5.26 Å². The first-order valence-corrected chi connectivity index (χ1v) is 17.4. The second-order valence-electron chi connectivity index (χ2n) is 16.1. The van der Waals surface area contributed by atoms with Gasteiger partial charge in [0, 0.05) is 18.9 Å². The minimum absolute atomic E-state index is 0.0307. The van der Waals surface area contributed by atoms with E-state index in [0.29, 0.717) is 41.6 Å². The molecule has 0 amide bonds. The average molecular weight is 559 g/mol. The molecule has 0 heterocycles. The molecule has 0 aromatic rings. The van der Waals surface area contributed by atoms with Crippen molar-refractivity contribution in [1.29, 1.82) is 10.5 Å². The first-order valence-electron chi connectivity index (χ1n) is 17.4. The maximum Gasteiger partial charge on any atom is 0.0656 e. The minimum Gasteiger partial charge on any atom is -0.396 e. The standard InChI is InChI=1S/C38H58N2O/c1-5-27(20-30(25-40)18-26(2)13-16-39)19-29-11-14-37(3)32(22-29)9-10-33-34(37)12-15-38(4)35-23-28(8-6-7-17-41)21-31(35)24-36(33)38/h5,9,26-31,33-36,41H,1,6-8,10-15,17-24H2,2-4H3. The van der Waals surface area contributed by atoms with Gasteiger partial charge in [-0.2, -0.15) is 10.5 Å². The Morgan fingerprint density at radius 3 is 2.61 bits per heavy atom. The van der Waals surface area contributed by atoms with Crippen LogP contribution in [0.25, 0.3) is 0 Å². The molecule has 3 nitrogen and oxygen atoms in total. The molecular formula is C38H58N2O. The normalized spacial score (nSPS) is 41.4. The summed E-state index contributed by atoms with van der Waals surface area (Å²) in [7, 11) is 0. The molecule has 5 aliphatic rings. The van der Waals surface area contributed by atoms with Gasteiger partial charge < -0.3 is 5.11 Å². The van der Waals surface area contributed by atoms with Gasteiger partial charge in [-0.3, -0.25) is 0 Å². The van der Waals surface area contributed by atoms with Crippen LogP contribution in [0.2, 0.25) is 0 Å². The van der Waals surface area contributed by atoms with Crippen LogP contribution >= 0.6 is 0 Å². The van der Waals surface area contributed by atoms with Crippen LogP contribution in [0.4, 0.5) is 0 Å². The molecule has 0 aliphatic heterocycles. The second-order valence-corrected chi connectivity index (χ2v) is 16.1. The third-order valence-corrected chi connectivity index (χ3v) is 13.7. The second kappa shape index (κ2) is 13.0. The Bertz CT molecular complexity index is 1030. The lowest BCUT2D eigenvalue weighted by Crippen LogP contribution is -2.50. The van der Waals surface area contributed by atoms with Gasteiger partial charge in [-0.25, -0.2) is 0 Å². The molecule has 3 heteroatoms. The van der Waals surface area contributed by atoms with Crippen molar-refractivity contribution >= 4 is 0 Å². The number of allylic oxidation sites excluding steroid dienone is 3. The molecule has 5 rings (SSSR count). The molecule has 4 saturated carbocycles. The summed E-state index contributed by atoms with van der Waals surface area (Å²) in [5.74, 6) is 6.98. The quantitative estimate of drug-likeness (QED) is 0.191. The van der Waals surface area contributed by atoms with Crippen molar-refractivity contribution in [3.05, 3.63) is 24.3 Å². The monoisotopic (exact) mass is 558 g/mol. The highest BCUT2D eigenvalue weighted by molar-refractivity contribution is 5.25. The maximum atomic E-state index is 9.80. The van der Waals surface area contributed by atoms with E-state index in [0.717, 1.165) is 54.8 Å². The van der Waals surface area contributed by atoms with E-state index in [1.165, 1.54) is 77.0 Å². The predicted molar refractivity (Wildman–Crippen MR) is 167 cm³/mol. The number of aliphatic hydroxyl groups excluding tert-OH is 1. The fraction of sp³-hybridized carbons (Fsp3) is 0.842. The zero-order chi connectivity index (χ0) is 29.2. The number of unbranched alkanes of at least 4 members (excludes halogenated alkanes) is 1. The van der Waals surface area contributed by atoms with Crippen LogP contribution < -0.4 is 0 Å². The summed E-state index contributed by atoms with van der Waals surface area (Å²) in [6, 6.07) is 4.82. The predicted octanol–water partition coefficient (Wildman–Crippen LogP) is 9.64. The van der Waals surface area contributed by atoms with Crippen LogP contribution in [0, 0.1) is 92.7 Å². The van der Waals surface area contributed by atoms with Gasteiger partial charge in [0.05, 0.1) is 12.1 Å². The van der Waals surface area contributed by atoms with Crippen molar-refractivity contribution in [2.75, 3.05) is 6.61 Å². The third-order valence-electron chi connectivity index (χ3n) is 13.7. The molecule has 12 atom stereocenters. The van der Waals surface area contributed by atoms with Crippen molar-refractivity contribution in [1.82, 2.24) is 0 Å². The fourth-order valence-electron chi connectivity index (χ4n) is 11.6. The molecule has 5 aliphatic carbocycles. The van der Waals surface area contributed by atoms with Gasteiger partial charge in [-0.05, 0) is 148 Å². The van der Waals surface area contributed by atoms with Crippen LogP contribution in [0.15, 0.2) is 24.3 Å². The Kier molecular flexibility index (Phi) is 9.76. The Labute approximate surface area is 251 Å². The number of aliphatic hydroxyl groups is 1. The first-order chi connectivity index (χ1) is 19.7. The molecular weight excluding hydrogens is 500 g/mol. The van der Waals surface area contributed by atoms with Crippen LogP contribution in [0.1, 0.15) is 124 Å². The molecule has 226 valence electrons. The van der Waals surface area contributed by atoms with E-state index >= 15 is 0 Å². The van der Waals surface area contributed by atoms with Crippen molar-refractivity contribution in [2.45, 2.75) is 124 Å². The molecule has 1 N–H and O–H groups in total. The summed E-state index contributed by atoms with van der Waals surface area (Å²) in [6.07, 6.45) is 24.4. The summed E-state index contributed by atoms with van der Waals surface area (Å²) in [5.41, 5.74) is 2.75. The molecule has 0 aromatic carbocycles. The summed E-state index contributed by atoms with van der Waals surface area (Å²) >= 11 is 0. The SMILES string of the molecule is C=CC(CC(C#N)CC(C)CC#N)CC1CCC2(C)C(=CCC3C2CCC2(C)C4CC(CCCCO)CC4CC32)C1. The third kappa shape index (κ3) is 6.10. The lowest BCUT2D eigenvalue weighted by Gasteiger charge is -2.58. The smallest absolute Gasteiger partial charge is 0.0656 e. The van der Waals surface area contributed by atoms with E-state index in [2.05, 4.69) is 51.6 Å². The van der Waals surface area contributed by atoms with Crippen molar-refractivity contribution in [3.63, 3.8) is 0 Å². The largest absolute Gasteiger partial charge is 0.396 e. The van der Waals surface area contributed by atoms with Gasteiger partial charge in [-0.15, -0.1) is 6.58 Å². The highest BCUT2D eigenvalue weighted by atomic mass is 16.2. The molecule has 0 radical (unpaired) electrons. The van der Waals surface area contributed by atoms with E-state index in [1.54, 1.807) is 5.57 Å². The Balaban J connectivity index is 1.20. The molecule has 0 aromatic heterocycles. The summed E-state index contributed by atoms with van der Waals surface area (Å²) < 4.78 is 0. The number of fused-ring (bicyclic) bond motifs is 7. The minimum atomic E-state index is 0.0307. The summed E-state index contributed by atoms with van der Waals surface area (Å²) in [6.45, 7) is 12.0. The number of rotatable bonds is 12. The highest BCUT2D eigenvalue weighted by Gasteiger charge is 2.62. The van der Waals surface area contributed by atoms with Gasteiger partial charge >= 0.3 is 0 Å². The summed E-state index contributed by atoms with van der Waals surface area (Å²) in [4.78, 5) is 0. The van der Waals surface area contributed by atoms with E-state index in [1.807, 2.05) is 0 Å². The highest BCUT2D eigenvalue weighted by Crippen LogP contribution is 2.70. The maximum absolute atomic E-state index is 9.80. The fourth-order valence-corrected chi connectivity index (χ4v) is 11.6. The zero-order valence-corrected chi connectivity index (χ0v) is 26.5. The Hall–Kier alpha value is -1.58. The lowest BCUT2D eigenvalue weighted by molar-refractivity contribution is -0.0465. The van der Waals surface area contributed by atoms with E-state index < -0.39 is 0 Å². The Morgan fingerprint density at radius 1 is 1.05 bits per heavy atom. The number of nitriles is 2.